The van der Waals surface area contributed by atoms with E-state index in [1.807, 2.05) is 41.3 Å². The van der Waals surface area contributed by atoms with Crippen molar-refractivity contribution in [3.63, 3.8) is 0 Å². The molecular formula is C25H26N2O5. The van der Waals surface area contributed by atoms with Crippen molar-refractivity contribution in [3.8, 4) is 17.2 Å². The van der Waals surface area contributed by atoms with E-state index in [0.29, 0.717) is 44.3 Å². The summed E-state index contributed by atoms with van der Waals surface area (Å²) in [6.45, 7) is 2.68. The molecule has 0 aromatic heterocycles. The summed E-state index contributed by atoms with van der Waals surface area (Å²) >= 11 is 0. The number of amides is 2. The molecule has 2 amide bonds. The molecule has 166 valence electrons. The number of anilines is 1. The maximum absolute atomic E-state index is 13.3. The number of aryl methyl sites for hydroxylation is 1. The molecular weight excluding hydrogens is 408 g/mol. The molecule has 0 radical (unpaired) electrons. The van der Waals surface area contributed by atoms with E-state index in [2.05, 4.69) is 6.07 Å². The normalized spacial score (nSPS) is 26.2. The zero-order chi connectivity index (χ0) is 21.7. The lowest BCUT2D eigenvalue weighted by molar-refractivity contribution is -0.135. The number of likely N-dealkylation sites (tertiary alicyclic amines) is 1. The van der Waals surface area contributed by atoms with Crippen LogP contribution in [0.2, 0.25) is 0 Å². The Kier molecular flexibility index (Phi) is 4.52. The van der Waals surface area contributed by atoms with Gasteiger partial charge in [0.2, 0.25) is 11.8 Å². The summed E-state index contributed by atoms with van der Waals surface area (Å²) in [5.41, 5.74) is 1.68. The molecule has 4 aliphatic heterocycles. The molecule has 1 spiro atoms. The minimum Gasteiger partial charge on any atom is -0.486 e. The minimum absolute atomic E-state index is 0.0308. The molecule has 7 nitrogen and oxygen atoms in total. The summed E-state index contributed by atoms with van der Waals surface area (Å²) in [6, 6.07) is 13.7. The summed E-state index contributed by atoms with van der Waals surface area (Å²) in [5.74, 6) is 1.97. The van der Waals surface area contributed by atoms with E-state index < -0.39 is 0 Å². The summed E-state index contributed by atoms with van der Waals surface area (Å²) in [7, 11) is 0. The first-order chi connectivity index (χ1) is 15.6. The number of hydrogen-bond donors (Lipinski definition) is 0. The molecule has 2 saturated heterocycles. The predicted molar refractivity (Wildman–Crippen MR) is 117 cm³/mol. The van der Waals surface area contributed by atoms with E-state index in [1.54, 1.807) is 4.90 Å². The van der Waals surface area contributed by atoms with Crippen LogP contribution in [0.1, 0.15) is 24.8 Å². The summed E-state index contributed by atoms with van der Waals surface area (Å²) < 4.78 is 17.6. The largest absolute Gasteiger partial charge is 0.486 e. The van der Waals surface area contributed by atoms with Crippen LogP contribution < -0.4 is 19.1 Å². The van der Waals surface area contributed by atoms with Gasteiger partial charge in [-0.2, -0.15) is 0 Å². The Bertz CT molecular complexity index is 1090. The van der Waals surface area contributed by atoms with Crippen LogP contribution in [-0.2, 0) is 16.0 Å². The molecule has 32 heavy (non-hydrogen) atoms. The second-order valence-electron chi connectivity index (χ2n) is 9.14. The maximum Gasteiger partial charge on any atom is 0.228 e. The fourth-order valence-corrected chi connectivity index (χ4v) is 5.36. The molecule has 4 heterocycles. The number of nitrogens with zero attached hydrogens (tertiary/aromatic N) is 2. The lowest BCUT2D eigenvalue weighted by Crippen LogP contribution is -2.44. The van der Waals surface area contributed by atoms with E-state index in [0.717, 1.165) is 30.7 Å². The SMILES string of the molecule is O=C(C1CC(=O)N(c2ccc3c(c2)OCCO3)C1)N1CCC2(CCc3ccccc3O2)C1. The molecule has 7 heteroatoms. The molecule has 2 aromatic carbocycles. The number of rotatable bonds is 2. The monoisotopic (exact) mass is 434 g/mol. The fraction of sp³-hybridized carbons (Fsp3) is 0.440. The van der Waals surface area contributed by atoms with Crippen molar-refractivity contribution >= 4 is 17.5 Å². The van der Waals surface area contributed by atoms with Crippen molar-refractivity contribution in [1.29, 1.82) is 0 Å². The van der Waals surface area contributed by atoms with Gasteiger partial charge in [0, 0.05) is 37.7 Å². The van der Waals surface area contributed by atoms with Crippen LogP contribution in [0.4, 0.5) is 5.69 Å². The first-order valence-corrected chi connectivity index (χ1v) is 11.4. The van der Waals surface area contributed by atoms with Gasteiger partial charge in [-0.1, -0.05) is 18.2 Å². The van der Waals surface area contributed by atoms with Crippen LogP contribution in [0.15, 0.2) is 42.5 Å². The van der Waals surface area contributed by atoms with Gasteiger partial charge in [0.05, 0.1) is 12.5 Å². The van der Waals surface area contributed by atoms with Gasteiger partial charge in [-0.05, 0) is 36.6 Å². The van der Waals surface area contributed by atoms with Gasteiger partial charge >= 0.3 is 0 Å². The average molecular weight is 434 g/mol. The van der Waals surface area contributed by atoms with E-state index in [1.165, 1.54) is 5.56 Å². The van der Waals surface area contributed by atoms with Crippen molar-refractivity contribution in [2.75, 3.05) is 37.7 Å². The zero-order valence-corrected chi connectivity index (χ0v) is 17.9. The highest BCUT2D eigenvalue weighted by molar-refractivity contribution is 6.00. The number of hydrogen-bond acceptors (Lipinski definition) is 5. The van der Waals surface area contributed by atoms with Crippen LogP contribution in [0.5, 0.6) is 17.2 Å². The molecule has 6 rings (SSSR count). The van der Waals surface area contributed by atoms with Crippen molar-refractivity contribution in [1.82, 2.24) is 4.90 Å². The fourth-order valence-electron chi connectivity index (χ4n) is 5.36. The van der Waals surface area contributed by atoms with Crippen LogP contribution in [0, 0.1) is 5.92 Å². The van der Waals surface area contributed by atoms with Crippen LogP contribution in [0.3, 0.4) is 0 Å². The average Bonchev–Trinajstić information content (AvgIpc) is 3.42. The topological polar surface area (TPSA) is 68.3 Å². The lowest BCUT2D eigenvalue weighted by Gasteiger charge is -2.35. The zero-order valence-electron chi connectivity index (χ0n) is 17.9. The molecule has 4 aliphatic rings. The third kappa shape index (κ3) is 3.27. The predicted octanol–water partition coefficient (Wildman–Crippen LogP) is 2.81. The molecule has 0 bridgehead atoms. The van der Waals surface area contributed by atoms with Crippen molar-refractivity contribution in [3.05, 3.63) is 48.0 Å². The van der Waals surface area contributed by atoms with Gasteiger partial charge in [-0.15, -0.1) is 0 Å². The van der Waals surface area contributed by atoms with Gasteiger partial charge in [0.25, 0.3) is 0 Å². The Morgan fingerprint density at radius 2 is 1.84 bits per heavy atom. The third-order valence-electron chi connectivity index (χ3n) is 7.09. The highest BCUT2D eigenvalue weighted by Crippen LogP contribution is 2.40. The standard InChI is InChI=1S/C25H26N2O5/c28-23-13-18(15-27(23)19-5-6-21-22(14-19)31-12-11-30-21)24(29)26-10-9-25(16-26)8-7-17-3-1-2-4-20(17)32-25/h1-6,14,18H,7-13,15-16H2. The summed E-state index contributed by atoms with van der Waals surface area (Å²) in [4.78, 5) is 29.7. The van der Waals surface area contributed by atoms with E-state index in [9.17, 15) is 9.59 Å². The van der Waals surface area contributed by atoms with Gasteiger partial charge in [0.15, 0.2) is 11.5 Å². The van der Waals surface area contributed by atoms with E-state index in [4.69, 9.17) is 14.2 Å². The maximum atomic E-state index is 13.3. The Hall–Kier alpha value is -3.22. The van der Waals surface area contributed by atoms with Crippen LogP contribution in [0.25, 0.3) is 0 Å². The summed E-state index contributed by atoms with van der Waals surface area (Å²) in [6.07, 6.45) is 2.96. The Balaban J connectivity index is 1.14. The van der Waals surface area contributed by atoms with Crippen molar-refractivity contribution in [2.24, 2.45) is 5.92 Å². The first-order valence-electron chi connectivity index (χ1n) is 11.4. The van der Waals surface area contributed by atoms with Gasteiger partial charge in [-0.25, -0.2) is 0 Å². The Morgan fingerprint density at radius 1 is 1.00 bits per heavy atom. The van der Waals surface area contributed by atoms with Crippen LogP contribution in [-0.4, -0.2) is 55.2 Å². The highest BCUT2D eigenvalue weighted by Gasteiger charge is 2.46. The Labute approximate surface area is 186 Å². The minimum atomic E-state index is -0.332. The second-order valence-corrected chi connectivity index (χ2v) is 9.14. The molecule has 2 unspecified atom stereocenters. The summed E-state index contributed by atoms with van der Waals surface area (Å²) in [5, 5.41) is 0. The van der Waals surface area contributed by atoms with E-state index in [-0.39, 0.29) is 29.8 Å². The van der Waals surface area contributed by atoms with Gasteiger partial charge < -0.3 is 24.0 Å². The number of benzene rings is 2. The molecule has 2 aromatic rings. The number of carbonyl (C=O) groups excluding carboxylic acids is 2. The van der Waals surface area contributed by atoms with Crippen molar-refractivity contribution < 1.29 is 23.8 Å². The van der Waals surface area contributed by atoms with Gasteiger partial charge in [-0.3, -0.25) is 9.59 Å². The van der Waals surface area contributed by atoms with E-state index >= 15 is 0 Å². The quantitative estimate of drug-likeness (QED) is 0.727. The molecule has 0 aliphatic carbocycles. The first kappa shape index (κ1) is 19.5. The third-order valence-corrected chi connectivity index (χ3v) is 7.09. The smallest absolute Gasteiger partial charge is 0.228 e. The molecule has 0 N–H and O–H groups in total. The number of ether oxygens (including phenoxy) is 3. The van der Waals surface area contributed by atoms with Gasteiger partial charge in [0.1, 0.15) is 24.6 Å². The number of fused-ring (bicyclic) bond motifs is 2. The highest BCUT2D eigenvalue weighted by atomic mass is 16.6. The van der Waals surface area contributed by atoms with Crippen molar-refractivity contribution in [2.45, 2.75) is 31.3 Å². The molecule has 2 fully saturated rings. The molecule has 2 atom stereocenters. The van der Waals surface area contributed by atoms with Crippen LogP contribution >= 0.6 is 0 Å². The second kappa shape index (κ2) is 7.43. The Morgan fingerprint density at radius 3 is 2.75 bits per heavy atom. The molecule has 0 saturated carbocycles. The lowest BCUT2D eigenvalue weighted by atomic mass is 9.90. The number of para-hydroxylation sites is 1. The number of carbonyl (C=O) groups is 2.